The van der Waals surface area contributed by atoms with Crippen molar-refractivity contribution in [3.8, 4) is 0 Å². The number of carbonyl (C=O) groups is 1. The molecule has 0 atom stereocenters. The number of thioether (sulfide) groups is 1. The molecule has 0 aliphatic rings. The van der Waals surface area contributed by atoms with Crippen LogP contribution >= 0.6 is 11.8 Å². The van der Waals surface area contributed by atoms with E-state index >= 15 is 0 Å². The van der Waals surface area contributed by atoms with E-state index in [9.17, 15) is 4.79 Å². The molecule has 5 heteroatoms. The first-order valence-corrected chi connectivity index (χ1v) is 6.80. The first-order valence-electron chi connectivity index (χ1n) is 5.81. The van der Waals surface area contributed by atoms with Crippen molar-refractivity contribution in [2.45, 2.75) is 17.7 Å². The van der Waals surface area contributed by atoms with Crippen LogP contribution in [0.3, 0.4) is 0 Å². The maximum Gasteiger partial charge on any atom is 0.267 e. The Hall–Kier alpha value is -2.01. The van der Waals surface area contributed by atoms with Gasteiger partial charge in [-0.25, -0.2) is 4.98 Å². The Morgan fingerprint density at radius 2 is 2.00 bits per heavy atom. The van der Waals surface area contributed by atoms with Crippen molar-refractivity contribution < 1.29 is 4.79 Å². The number of aromatic nitrogens is 1. The number of hydrogen-bond donors (Lipinski definition) is 2. The van der Waals surface area contributed by atoms with Crippen LogP contribution in [0.5, 0.6) is 0 Å². The van der Waals surface area contributed by atoms with E-state index in [1.54, 1.807) is 6.07 Å². The standard InChI is InChI=1S/C14H15N3OS/c1-9-4-2-3-5-10(9)8-19-14-11(15)6-7-12(17-14)13(16)18/h2-7H,8,15H2,1H3,(H2,16,18). The second kappa shape index (κ2) is 5.75. The van der Waals surface area contributed by atoms with E-state index in [0.717, 1.165) is 5.75 Å². The summed E-state index contributed by atoms with van der Waals surface area (Å²) in [5.74, 6) is 0.212. The average molecular weight is 273 g/mol. The summed E-state index contributed by atoms with van der Waals surface area (Å²) in [5.41, 5.74) is 14.3. The van der Waals surface area contributed by atoms with Crippen LogP contribution in [0.25, 0.3) is 0 Å². The summed E-state index contributed by atoms with van der Waals surface area (Å²) < 4.78 is 0. The van der Waals surface area contributed by atoms with Gasteiger partial charge in [-0.1, -0.05) is 36.0 Å². The number of nitrogens with zero attached hydrogens (tertiary/aromatic N) is 1. The van der Waals surface area contributed by atoms with Crippen LogP contribution in [0, 0.1) is 6.92 Å². The molecular weight excluding hydrogens is 258 g/mol. The lowest BCUT2D eigenvalue weighted by atomic mass is 10.1. The number of anilines is 1. The summed E-state index contributed by atoms with van der Waals surface area (Å²) in [6, 6.07) is 11.3. The van der Waals surface area contributed by atoms with E-state index in [0.29, 0.717) is 10.7 Å². The van der Waals surface area contributed by atoms with Gasteiger partial charge in [0.15, 0.2) is 0 Å². The molecule has 1 amide bonds. The van der Waals surface area contributed by atoms with Crippen LogP contribution in [0.1, 0.15) is 21.6 Å². The van der Waals surface area contributed by atoms with E-state index in [1.165, 1.54) is 29.0 Å². The number of nitrogens with two attached hydrogens (primary N) is 2. The number of amides is 1. The van der Waals surface area contributed by atoms with Gasteiger partial charge in [-0.3, -0.25) is 4.79 Å². The fraction of sp³-hybridized carbons (Fsp3) is 0.143. The predicted octanol–water partition coefficient (Wildman–Crippen LogP) is 2.36. The molecule has 19 heavy (non-hydrogen) atoms. The van der Waals surface area contributed by atoms with Crippen LogP contribution in [0.15, 0.2) is 41.4 Å². The molecule has 0 radical (unpaired) electrons. The molecule has 1 aromatic carbocycles. The Bertz CT molecular complexity index is 613. The zero-order chi connectivity index (χ0) is 13.8. The van der Waals surface area contributed by atoms with Gasteiger partial charge in [0.2, 0.25) is 0 Å². The molecular formula is C14H15N3OS. The molecule has 2 rings (SSSR count). The molecule has 0 unspecified atom stereocenters. The van der Waals surface area contributed by atoms with E-state index in [2.05, 4.69) is 24.0 Å². The highest BCUT2D eigenvalue weighted by atomic mass is 32.2. The minimum absolute atomic E-state index is 0.237. The highest BCUT2D eigenvalue weighted by Gasteiger charge is 2.08. The van der Waals surface area contributed by atoms with Crippen LogP contribution in [-0.4, -0.2) is 10.9 Å². The number of benzene rings is 1. The van der Waals surface area contributed by atoms with Crippen molar-refractivity contribution in [1.82, 2.24) is 4.98 Å². The third-order valence-electron chi connectivity index (χ3n) is 2.77. The zero-order valence-electron chi connectivity index (χ0n) is 10.6. The molecule has 1 aromatic heterocycles. The van der Waals surface area contributed by atoms with Crippen molar-refractivity contribution in [1.29, 1.82) is 0 Å². The molecule has 0 saturated heterocycles. The maximum atomic E-state index is 11.1. The molecule has 0 saturated carbocycles. The van der Waals surface area contributed by atoms with Crippen molar-refractivity contribution in [2.75, 3.05) is 5.73 Å². The lowest BCUT2D eigenvalue weighted by molar-refractivity contribution is 0.0995. The van der Waals surface area contributed by atoms with Crippen LogP contribution in [-0.2, 0) is 5.75 Å². The van der Waals surface area contributed by atoms with Gasteiger partial charge in [-0.05, 0) is 30.2 Å². The van der Waals surface area contributed by atoms with Gasteiger partial charge in [0.25, 0.3) is 5.91 Å². The Labute approximate surface area is 116 Å². The van der Waals surface area contributed by atoms with Gasteiger partial charge >= 0.3 is 0 Å². The zero-order valence-corrected chi connectivity index (χ0v) is 11.4. The van der Waals surface area contributed by atoms with Crippen molar-refractivity contribution in [3.05, 3.63) is 53.2 Å². The summed E-state index contributed by atoms with van der Waals surface area (Å²) in [6.07, 6.45) is 0. The Morgan fingerprint density at radius 3 is 2.68 bits per heavy atom. The Balaban J connectivity index is 2.17. The molecule has 0 aliphatic carbocycles. The minimum Gasteiger partial charge on any atom is -0.397 e. The van der Waals surface area contributed by atoms with Gasteiger partial charge in [0, 0.05) is 5.75 Å². The van der Waals surface area contributed by atoms with E-state index in [-0.39, 0.29) is 5.69 Å². The van der Waals surface area contributed by atoms with Gasteiger partial charge in [-0.2, -0.15) is 0 Å². The van der Waals surface area contributed by atoms with Gasteiger partial charge in [0.1, 0.15) is 10.7 Å². The number of hydrogen-bond acceptors (Lipinski definition) is 4. The second-order valence-electron chi connectivity index (χ2n) is 4.17. The first kappa shape index (κ1) is 13.4. The number of aryl methyl sites for hydroxylation is 1. The number of carbonyl (C=O) groups excluding carboxylic acids is 1. The smallest absolute Gasteiger partial charge is 0.267 e. The normalized spacial score (nSPS) is 10.4. The third kappa shape index (κ3) is 3.26. The number of primary amides is 1. The first-order chi connectivity index (χ1) is 9.08. The van der Waals surface area contributed by atoms with Crippen molar-refractivity contribution in [2.24, 2.45) is 5.73 Å². The molecule has 0 fully saturated rings. The maximum absolute atomic E-state index is 11.1. The molecule has 98 valence electrons. The third-order valence-corrected chi connectivity index (χ3v) is 3.82. The number of rotatable bonds is 4. The molecule has 4 N–H and O–H groups in total. The molecule has 0 bridgehead atoms. The van der Waals surface area contributed by atoms with Crippen LogP contribution in [0.2, 0.25) is 0 Å². The van der Waals surface area contributed by atoms with Crippen LogP contribution in [0.4, 0.5) is 5.69 Å². The van der Waals surface area contributed by atoms with Crippen molar-refractivity contribution in [3.63, 3.8) is 0 Å². The number of pyridine rings is 1. The average Bonchev–Trinajstić information content (AvgIpc) is 2.39. The highest BCUT2D eigenvalue weighted by molar-refractivity contribution is 7.98. The topological polar surface area (TPSA) is 82.0 Å². The molecule has 2 aromatic rings. The van der Waals surface area contributed by atoms with E-state index in [1.807, 2.05) is 12.1 Å². The molecule has 0 spiro atoms. The second-order valence-corrected chi connectivity index (χ2v) is 5.13. The van der Waals surface area contributed by atoms with E-state index < -0.39 is 5.91 Å². The molecule has 4 nitrogen and oxygen atoms in total. The summed E-state index contributed by atoms with van der Waals surface area (Å²) in [6.45, 7) is 2.06. The lowest BCUT2D eigenvalue weighted by Gasteiger charge is -2.07. The largest absolute Gasteiger partial charge is 0.397 e. The Morgan fingerprint density at radius 1 is 1.26 bits per heavy atom. The summed E-state index contributed by atoms with van der Waals surface area (Å²) in [7, 11) is 0. The monoisotopic (exact) mass is 273 g/mol. The van der Waals surface area contributed by atoms with Crippen molar-refractivity contribution >= 4 is 23.4 Å². The van der Waals surface area contributed by atoms with Crippen LogP contribution < -0.4 is 11.5 Å². The van der Waals surface area contributed by atoms with Gasteiger partial charge in [0.05, 0.1) is 5.69 Å². The SMILES string of the molecule is Cc1ccccc1CSc1nc(C(N)=O)ccc1N. The quantitative estimate of drug-likeness (QED) is 0.838. The van der Waals surface area contributed by atoms with E-state index in [4.69, 9.17) is 11.5 Å². The highest BCUT2D eigenvalue weighted by Crippen LogP contribution is 2.27. The molecule has 0 aliphatic heterocycles. The summed E-state index contributed by atoms with van der Waals surface area (Å²) in [4.78, 5) is 15.3. The Kier molecular flexibility index (Phi) is 4.06. The minimum atomic E-state index is -0.544. The fourth-order valence-corrected chi connectivity index (χ4v) is 2.64. The summed E-state index contributed by atoms with van der Waals surface area (Å²) >= 11 is 1.50. The number of nitrogen functional groups attached to an aromatic ring is 1. The predicted molar refractivity (Wildman–Crippen MR) is 77.9 cm³/mol. The fourth-order valence-electron chi connectivity index (χ4n) is 1.62. The lowest BCUT2D eigenvalue weighted by Crippen LogP contribution is -2.13. The molecule has 1 heterocycles. The van der Waals surface area contributed by atoms with Gasteiger partial charge in [-0.15, -0.1) is 0 Å². The summed E-state index contributed by atoms with van der Waals surface area (Å²) in [5, 5.41) is 0.638. The van der Waals surface area contributed by atoms with Gasteiger partial charge < -0.3 is 11.5 Å².